The minimum absolute atomic E-state index is 0.130. The lowest BCUT2D eigenvalue weighted by atomic mass is 9.76. The summed E-state index contributed by atoms with van der Waals surface area (Å²) in [5.74, 6) is -0.512. The van der Waals surface area contributed by atoms with Crippen LogP contribution in [0.15, 0.2) is 12.1 Å². The Hall–Kier alpha value is -1.20. The molecule has 1 N–H and O–H groups in total. The molecule has 1 saturated heterocycles. The van der Waals surface area contributed by atoms with Crippen molar-refractivity contribution in [2.24, 2.45) is 5.92 Å². The van der Waals surface area contributed by atoms with Crippen molar-refractivity contribution in [2.75, 3.05) is 33.3 Å². The van der Waals surface area contributed by atoms with Crippen LogP contribution < -0.4 is 10.1 Å². The lowest BCUT2D eigenvalue weighted by Gasteiger charge is -2.43. The van der Waals surface area contributed by atoms with Crippen LogP contribution in [0.2, 0.25) is 0 Å². The zero-order valence-electron chi connectivity index (χ0n) is 12.4. The lowest BCUT2D eigenvalue weighted by Crippen LogP contribution is -2.48. The Labute approximate surface area is 124 Å². The van der Waals surface area contributed by atoms with Gasteiger partial charge in [0.15, 0.2) is 11.6 Å². The fourth-order valence-corrected chi connectivity index (χ4v) is 3.41. The number of halogens is 2. The second-order valence-electron chi connectivity index (χ2n) is 5.90. The summed E-state index contributed by atoms with van der Waals surface area (Å²) < 4.78 is 34.0. The number of benzene rings is 1. The number of methoxy groups -OCH3 is 1. The minimum atomic E-state index is -0.534. The van der Waals surface area contributed by atoms with E-state index in [-0.39, 0.29) is 17.4 Å². The summed E-state index contributed by atoms with van der Waals surface area (Å²) in [6.45, 7) is 3.40. The summed E-state index contributed by atoms with van der Waals surface area (Å²) in [5.41, 5.74) is 0.195. The van der Waals surface area contributed by atoms with Crippen molar-refractivity contribution in [3.8, 4) is 5.75 Å². The van der Waals surface area contributed by atoms with Gasteiger partial charge in [-0.15, -0.1) is 0 Å². The summed E-state index contributed by atoms with van der Waals surface area (Å²) in [6, 6.07) is 2.52. The number of piperazine rings is 1. The van der Waals surface area contributed by atoms with E-state index >= 15 is 0 Å². The van der Waals surface area contributed by atoms with Crippen molar-refractivity contribution in [1.29, 1.82) is 0 Å². The molecule has 1 atom stereocenters. The minimum Gasteiger partial charge on any atom is -0.494 e. The largest absolute Gasteiger partial charge is 0.494 e. The molecular formula is C16H22F2N2O. The van der Waals surface area contributed by atoms with Gasteiger partial charge in [-0.25, -0.2) is 8.78 Å². The van der Waals surface area contributed by atoms with Crippen molar-refractivity contribution in [2.45, 2.75) is 25.3 Å². The van der Waals surface area contributed by atoms with Crippen LogP contribution in [-0.4, -0.2) is 38.2 Å². The maximum atomic E-state index is 14.7. The first-order valence-corrected chi connectivity index (χ1v) is 7.69. The SMILES string of the molecule is COc1ccc(F)c([C@H](C2CCC2)N2CCNCC2)c1F. The van der Waals surface area contributed by atoms with Gasteiger partial charge in [-0.1, -0.05) is 6.42 Å². The summed E-state index contributed by atoms with van der Waals surface area (Å²) in [6.07, 6.45) is 3.25. The highest BCUT2D eigenvalue weighted by Gasteiger charge is 2.37. The van der Waals surface area contributed by atoms with Crippen molar-refractivity contribution in [1.82, 2.24) is 10.2 Å². The number of hydrogen-bond acceptors (Lipinski definition) is 3. The molecule has 0 spiro atoms. The Morgan fingerprint density at radius 3 is 2.52 bits per heavy atom. The van der Waals surface area contributed by atoms with Gasteiger partial charge in [-0.3, -0.25) is 4.90 Å². The van der Waals surface area contributed by atoms with E-state index in [0.29, 0.717) is 5.92 Å². The van der Waals surface area contributed by atoms with Gasteiger partial charge in [0.25, 0.3) is 0 Å². The quantitative estimate of drug-likeness (QED) is 0.924. The highest BCUT2D eigenvalue weighted by molar-refractivity contribution is 5.35. The molecule has 0 amide bonds. The van der Waals surface area contributed by atoms with Gasteiger partial charge >= 0.3 is 0 Å². The standard InChI is InChI=1S/C16H22F2N2O/c1-21-13-6-5-12(17)14(15(13)18)16(11-3-2-4-11)20-9-7-19-8-10-20/h5-6,11,16,19H,2-4,7-10H2,1H3/t16-/m0/s1. The summed E-state index contributed by atoms with van der Waals surface area (Å²) >= 11 is 0. The van der Waals surface area contributed by atoms with Crippen LogP contribution in [0, 0.1) is 17.6 Å². The molecule has 21 heavy (non-hydrogen) atoms. The Kier molecular flexibility index (Phi) is 4.40. The van der Waals surface area contributed by atoms with Crippen LogP contribution >= 0.6 is 0 Å². The average Bonchev–Trinajstić information content (AvgIpc) is 2.45. The summed E-state index contributed by atoms with van der Waals surface area (Å²) in [7, 11) is 1.42. The second-order valence-corrected chi connectivity index (χ2v) is 5.90. The molecule has 2 aliphatic rings. The van der Waals surface area contributed by atoms with Gasteiger partial charge in [0.05, 0.1) is 7.11 Å². The van der Waals surface area contributed by atoms with Crippen molar-refractivity contribution in [3.05, 3.63) is 29.3 Å². The molecule has 116 valence electrons. The van der Waals surface area contributed by atoms with E-state index in [1.165, 1.54) is 19.2 Å². The van der Waals surface area contributed by atoms with Crippen LogP contribution in [0.4, 0.5) is 8.78 Å². The topological polar surface area (TPSA) is 24.5 Å². The summed E-state index contributed by atoms with van der Waals surface area (Å²) in [5, 5.41) is 3.29. The van der Waals surface area contributed by atoms with Crippen LogP contribution in [0.25, 0.3) is 0 Å². The first-order valence-electron chi connectivity index (χ1n) is 7.69. The zero-order chi connectivity index (χ0) is 14.8. The number of nitrogens with zero attached hydrogens (tertiary/aromatic N) is 1. The van der Waals surface area contributed by atoms with Gasteiger partial charge in [0.1, 0.15) is 5.82 Å². The first-order chi connectivity index (χ1) is 10.2. The highest BCUT2D eigenvalue weighted by Crippen LogP contribution is 2.44. The van der Waals surface area contributed by atoms with Crippen LogP contribution in [0.1, 0.15) is 30.9 Å². The average molecular weight is 296 g/mol. The molecule has 1 aromatic rings. The molecule has 0 bridgehead atoms. The molecule has 1 aromatic carbocycles. The van der Waals surface area contributed by atoms with E-state index in [1.807, 2.05) is 0 Å². The molecule has 1 aliphatic heterocycles. The van der Waals surface area contributed by atoms with Gasteiger partial charge in [0, 0.05) is 37.8 Å². The zero-order valence-corrected chi connectivity index (χ0v) is 12.4. The molecule has 0 radical (unpaired) electrons. The fourth-order valence-electron chi connectivity index (χ4n) is 3.41. The molecule has 1 aliphatic carbocycles. The molecule has 5 heteroatoms. The monoisotopic (exact) mass is 296 g/mol. The second kappa shape index (κ2) is 6.28. The Bertz CT molecular complexity index is 499. The van der Waals surface area contributed by atoms with Crippen molar-refractivity contribution < 1.29 is 13.5 Å². The fraction of sp³-hybridized carbons (Fsp3) is 0.625. The Balaban J connectivity index is 1.99. The molecule has 0 unspecified atom stereocenters. The third-order valence-electron chi connectivity index (χ3n) is 4.75. The third kappa shape index (κ3) is 2.77. The first kappa shape index (κ1) is 14.7. The smallest absolute Gasteiger partial charge is 0.172 e. The van der Waals surface area contributed by atoms with Crippen molar-refractivity contribution in [3.63, 3.8) is 0 Å². The molecule has 1 heterocycles. The van der Waals surface area contributed by atoms with Crippen LogP contribution in [-0.2, 0) is 0 Å². The molecule has 1 saturated carbocycles. The number of ether oxygens (including phenoxy) is 1. The van der Waals surface area contributed by atoms with E-state index < -0.39 is 11.6 Å². The number of nitrogens with one attached hydrogen (secondary N) is 1. The van der Waals surface area contributed by atoms with Gasteiger partial charge in [-0.05, 0) is 30.9 Å². The molecule has 3 rings (SSSR count). The van der Waals surface area contributed by atoms with E-state index in [9.17, 15) is 8.78 Å². The number of rotatable bonds is 4. The predicted molar refractivity (Wildman–Crippen MR) is 77.4 cm³/mol. The van der Waals surface area contributed by atoms with E-state index in [1.54, 1.807) is 0 Å². The molecule has 0 aromatic heterocycles. The van der Waals surface area contributed by atoms with E-state index in [0.717, 1.165) is 45.4 Å². The van der Waals surface area contributed by atoms with Crippen molar-refractivity contribution >= 4 is 0 Å². The lowest BCUT2D eigenvalue weighted by molar-refractivity contribution is 0.0780. The predicted octanol–water partition coefficient (Wildman–Crippen LogP) is 2.72. The van der Waals surface area contributed by atoms with Crippen LogP contribution in [0.5, 0.6) is 5.75 Å². The number of hydrogen-bond donors (Lipinski definition) is 1. The maximum Gasteiger partial charge on any atom is 0.172 e. The van der Waals surface area contributed by atoms with E-state index in [4.69, 9.17) is 4.74 Å². The van der Waals surface area contributed by atoms with Gasteiger partial charge < -0.3 is 10.1 Å². The third-order valence-corrected chi connectivity index (χ3v) is 4.75. The molecule has 2 fully saturated rings. The Morgan fingerprint density at radius 2 is 1.95 bits per heavy atom. The Morgan fingerprint density at radius 1 is 1.24 bits per heavy atom. The molecule has 3 nitrogen and oxygen atoms in total. The molecular weight excluding hydrogens is 274 g/mol. The maximum absolute atomic E-state index is 14.7. The van der Waals surface area contributed by atoms with Crippen LogP contribution in [0.3, 0.4) is 0 Å². The normalized spacial score (nSPS) is 21.9. The highest BCUT2D eigenvalue weighted by atomic mass is 19.1. The summed E-state index contributed by atoms with van der Waals surface area (Å²) in [4.78, 5) is 2.22. The van der Waals surface area contributed by atoms with Gasteiger partial charge in [-0.2, -0.15) is 0 Å². The van der Waals surface area contributed by atoms with E-state index in [2.05, 4.69) is 10.2 Å². The van der Waals surface area contributed by atoms with Gasteiger partial charge in [0.2, 0.25) is 0 Å².